The van der Waals surface area contributed by atoms with Crippen molar-refractivity contribution < 1.29 is 5.11 Å². The lowest BCUT2D eigenvalue weighted by atomic mass is 10.2. The molecule has 3 N–H and O–H groups in total. The second kappa shape index (κ2) is 5.78. The molecule has 4 nitrogen and oxygen atoms in total. The van der Waals surface area contributed by atoms with E-state index in [1.165, 1.54) is 0 Å². The molecule has 1 heterocycles. The topological polar surface area (TPSA) is 60.9 Å². The van der Waals surface area contributed by atoms with E-state index < -0.39 is 0 Å². The Balaban J connectivity index is 2.08. The number of aromatic amines is 1. The van der Waals surface area contributed by atoms with Gasteiger partial charge in [-0.25, -0.2) is 4.98 Å². The van der Waals surface area contributed by atoms with Gasteiger partial charge in [0.15, 0.2) is 0 Å². The van der Waals surface area contributed by atoms with Gasteiger partial charge in [-0.15, -0.1) is 0 Å². The maximum absolute atomic E-state index is 9.03. The molecule has 0 aliphatic heterocycles. The summed E-state index contributed by atoms with van der Waals surface area (Å²) in [5.74, 6) is 0. The monoisotopic (exact) mass is 197 g/mol. The first kappa shape index (κ1) is 11.2. The summed E-state index contributed by atoms with van der Waals surface area (Å²) in [6.07, 6.45) is 3.37. The van der Waals surface area contributed by atoms with Crippen molar-refractivity contribution in [2.75, 3.05) is 6.54 Å². The normalized spacial score (nSPS) is 13.1. The van der Waals surface area contributed by atoms with Gasteiger partial charge in [0.25, 0.3) is 0 Å². The molecule has 80 valence electrons. The minimum atomic E-state index is -0.191. The van der Waals surface area contributed by atoms with Gasteiger partial charge >= 0.3 is 0 Å². The van der Waals surface area contributed by atoms with Gasteiger partial charge in [0.05, 0.1) is 18.1 Å². The Bertz CT molecular complexity index is 258. The molecule has 1 aromatic heterocycles. The maximum atomic E-state index is 9.03. The number of aliphatic hydroxyl groups excluding tert-OH is 1. The molecule has 0 saturated heterocycles. The van der Waals surface area contributed by atoms with Gasteiger partial charge in [0, 0.05) is 12.2 Å². The highest BCUT2D eigenvalue weighted by Crippen LogP contribution is 1.99. The lowest BCUT2D eigenvalue weighted by Gasteiger charge is -2.05. The largest absolute Gasteiger partial charge is 0.393 e. The summed E-state index contributed by atoms with van der Waals surface area (Å²) in [6, 6.07) is 0. The van der Waals surface area contributed by atoms with Crippen molar-refractivity contribution in [3.63, 3.8) is 0 Å². The summed E-state index contributed by atoms with van der Waals surface area (Å²) in [5, 5.41) is 12.3. The fourth-order valence-electron chi connectivity index (χ4n) is 1.29. The Kier molecular flexibility index (Phi) is 4.62. The third-order valence-electron chi connectivity index (χ3n) is 2.20. The smallest absolute Gasteiger partial charge is 0.0925 e. The van der Waals surface area contributed by atoms with Crippen LogP contribution in [0, 0.1) is 6.92 Å². The van der Waals surface area contributed by atoms with Gasteiger partial charge < -0.3 is 15.4 Å². The Labute approximate surface area is 84.8 Å². The third kappa shape index (κ3) is 3.89. The van der Waals surface area contributed by atoms with E-state index in [-0.39, 0.29) is 6.10 Å². The number of rotatable bonds is 6. The van der Waals surface area contributed by atoms with Gasteiger partial charge in [-0.1, -0.05) is 0 Å². The molecule has 1 atom stereocenters. The maximum Gasteiger partial charge on any atom is 0.0925 e. The number of nitrogens with one attached hydrogen (secondary N) is 2. The molecule has 0 radical (unpaired) electrons. The number of nitrogens with zero attached hydrogens (tertiary/aromatic N) is 1. The lowest BCUT2D eigenvalue weighted by Crippen LogP contribution is -2.17. The molecule has 0 fully saturated rings. The first-order chi connectivity index (χ1) is 6.70. The summed E-state index contributed by atoms with van der Waals surface area (Å²) in [5.41, 5.74) is 2.19. The van der Waals surface area contributed by atoms with Crippen LogP contribution in [0.15, 0.2) is 6.33 Å². The van der Waals surface area contributed by atoms with Gasteiger partial charge in [-0.2, -0.15) is 0 Å². The average molecular weight is 197 g/mol. The fraction of sp³-hybridized carbons (Fsp3) is 0.700. The molecule has 1 rings (SSSR count). The second-order valence-electron chi connectivity index (χ2n) is 3.64. The average Bonchev–Trinajstić information content (AvgIpc) is 2.51. The Morgan fingerprint density at radius 1 is 1.64 bits per heavy atom. The van der Waals surface area contributed by atoms with E-state index in [1.807, 2.05) is 13.8 Å². The number of imidazole rings is 1. The SMILES string of the molecule is Cc1[nH]cnc1CNCCCC(C)O. The molecule has 0 aliphatic carbocycles. The van der Waals surface area contributed by atoms with Gasteiger partial charge in [0.1, 0.15) is 0 Å². The van der Waals surface area contributed by atoms with E-state index in [0.717, 1.165) is 37.3 Å². The summed E-state index contributed by atoms with van der Waals surface area (Å²) >= 11 is 0. The summed E-state index contributed by atoms with van der Waals surface area (Å²) < 4.78 is 0. The zero-order chi connectivity index (χ0) is 10.4. The molecule has 14 heavy (non-hydrogen) atoms. The molecular weight excluding hydrogens is 178 g/mol. The van der Waals surface area contributed by atoms with Crippen molar-refractivity contribution in [1.82, 2.24) is 15.3 Å². The molecule has 0 bridgehead atoms. The van der Waals surface area contributed by atoms with Gasteiger partial charge in [-0.3, -0.25) is 0 Å². The molecular formula is C10H19N3O. The van der Waals surface area contributed by atoms with Crippen LogP contribution in [-0.4, -0.2) is 27.7 Å². The third-order valence-corrected chi connectivity index (χ3v) is 2.20. The van der Waals surface area contributed by atoms with Crippen molar-refractivity contribution in [1.29, 1.82) is 0 Å². The van der Waals surface area contributed by atoms with E-state index in [9.17, 15) is 0 Å². The molecule has 0 spiro atoms. The van der Waals surface area contributed by atoms with E-state index in [4.69, 9.17) is 5.11 Å². The molecule has 4 heteroatoms. The van der Waals surface area contributed by atoms with Crippen LogP contribution in [-0.2, 0) is 6.54 Å². The van der Waals surface area contributed by atoms with Crippen LogP contribution >= 0.6 is 0 Å². The zero-order valence-corrected chi connectivity index (χ0v) is 8.88. The highest BCUT2D eigenvalue weighted by atomic mass is 16.3. The van der Waals surface area contributed by atoms with Crippen molar-refractivity contribution in [2.45, 2.75) is 39.3 Å². The van der Waals surface area contributed by atoms with E-state index in [1.54, 1.807) is 6.33 Å². The highest BCUT2D eigenvalue weighted by Gasteiger charge is 1.99. The minimum Gasteiger partial charge on any atom is -0.393 e. The van der Waals surface area contributed by atoms with Crippen molar-refractivity contribution >= 4 is 0 Å². The van der Waals surface area contributed by atoms with Crippen LogP contribution in [0.4, 0.5) is 0 Å². The van der Waals surface area contributed by atoms with Crippen molar-refractivity contribution in [2.24, 2.45) is 0 Å². The molecule has 1 unspecified atom stereocenters. The van der Waals surface area contributed by atoms with Crippen LogP contribution in [0.1, 0.15) is 31.2 Å². The number of hydrogen-bond acceptors (Lipinski definition) is 3. The van der Waals surface area contributed by atoms with Crippen LogP contribution in [0.2, 0.25) is 0 Å². The lowest BCUT2D eigenvalue weighted by molar-refractivity contribution is 0.181. The van der Waals surface area contributed by atoms with Crippen LogP contribution in [0.25, 0.3) is 0 Å². The van der Waals surface area contributed by atoms with Crippen molar-refractivity contribution in [3.05, 3.63) is 17.7 Å². The molecule has 1 aromatic rings. The summed E-state index contributed by atoms with van der Waals surface area (Å²) in [7, 11) is 0. The molecule has 0 aliphatic rings. The number of aliphatic hydroxyl groups is 1. The number of aromatic nitrogens is 2. The van der Waals surface area contributed by atoms with Gasteiger partial charge in [-0.05, 0) is 33.2 Å². The zero-order valence-electron chi connectivity index (χ0n) is 8.88. The minimum absolute atomic E-state index is 0.191. The van der Waals surface area contributed by atoms with Crippen LogP contribution < -0.4 is 5.32 Å². The first-order valence-electron chi connectivity index (χ1n) is 5.07. The highest BCUT2D eigenvalue weighted by molar-refractivity contribution is 5.07. The standard InChI is InChI=1S/C10H19N3O/c1-8(14)4-3-5-11-6-10-9(2)12-7-13-10/h7-8,11,14H,3-6H2,1-2H3,(H,12,13). The Hall–Kier alpha value is -0.870. The van der Waals surface area contributed by atoms with E-state index in [2.05, 4.69) is 15.3 Å². The quantitative estimate of drug-likeness (QED) is 0.595. The van der Waals surface area contributed by atoms with Crippen molar-refractivity contribution in [3.8, 4) is 0 Å². The van der Waals surface area contributed by atoms with Crippen LogP contribution in [0.5, 0.6) is 0 Å². The Morgan fingerprint density at radius 3 is 3.00 bits per heavy atom. The molecule has 0 amide bonds. The van der Waals surface area contributed by atoms with Gasteiger partial charge in [0.2, 0.25) is 0 Å². The fourth-order valence-corrected chi connectivity index (χ4v) is 1.29. The van der Waals surface area contributed by atoms with E-state index in [0.29, 0.717) is 0 Å². The predicted molar refractivity (Wildman–Crippen MR) is 55.9 cm³/mol. The number of hydrogen-bond donors (Lipinski definition) is 3. The molecule has 0 aromatic carbocycles. The first-order valence-corrected chi connectivity index (χ1v) is 5.07. The van der Waals surface area contributed by atoms with Crippen LogP contribution in [0.3, 0.4) is 0 Å². The number of aryl methyl sites for hydroxylation is 1. The number of H-pyrrole nitrogens is 1. The van der Waals surface area contributed by atoms with E-state index >= 15 is 0 Å². The second-order valence-corrected chi connectivity index (χ2v) is 3.64. The summed E-state index contributed by atoms with van der Waals surface area (Å²) in [6.45, 7) is 5.56. The molecule has 0 saturated carbocycles. The predicted octanol–water partition coefficient (Wildman–Crippen LogP) is 0.969. The summed E-state index contributed by atoms with van der Waals surface area (Å²) in [4.78, 5) is 7.22. The Morgan fingerprint density at radius 2 is 2.43 bits per heavy atom.